The topological polar surface area (TPSA) is 86.7 Å². The second-order valence-corrected chi connectivity index (χ2v) is 6.03. The predicted octanol–water partition coefficient (Wildman–Crippen LogP) is 3.26. The Kier molecular flexibility index (Phi) is 5.22. The van der Waals surface area contributed by atoms with Gasteiger partial charge in [-0.3, -0.25) is 15.0 Å². The Balaban J connectivity index is 1.85. The van der Waals surface area contributed by atoms with Gasteiger partial charge in [0.05, 0.1) is 11.3 Å². The number of nitrogens with zero attached hydrogens (tertiary/aromatic N) is 1. The molecule has 1 saturated heterocycles. The number of carboxylic acids is 1. The second kappa shape index (κ2) is 7.63. The lowest BCUT2D eigenvalue weighted by molar-refractivity contribution is -0.137. The summed E-state index contributed by atoms with van der Waals surface area (Å²) in [7, 11) is 0. The van der Waals surface area contributed by atoms with E-state index in [2.05, 4.69) is 5.43 Å². The first-order chi connectivity index (χ1) is 13.6. The van der Waals surface area contributed by atoms with Crippen LogP contribution in [-0.4, -0.2) is 22.9 Å². The highest BCUT2D eigenvalue weighted by atomic mass is 19.4. The number of benzene rings is 2. The van der Waals surface area contributed by atoms with Crippen molar-refractivity contribution in [1.82, 2.24) is 5.43 Å². The molecule has 2 aromatic rings. The van der Waals surface area contributed by atoms with Crippen LogP contribution in [0.15, 0.2) is 60.2 Å². The molecule has 2 aromatic carbocycles. The zero-order valence-electron chi connectivity index (χ0n) is 14.6. The number of hydrazine groups is 1. The molecule has 0 bridgehead atoms. The number of amides is 2. The van der Waals surface area contributed by atoms with Crippen LogP contribution >= 0.6 is 0 Å². The standard InChI is InChI=1S/C20H13F3N2O4/c21-20(22,23)14-2-1-3-15(11-14)25-19(29)16(18(28)24-25)10-13-6-4-12(5-7-13)8-9-17(26)27/h1-11H,(H,24,28)(H,26,27)/b9-8+,16-10?. The number of halogens is 3. The van der Waals surface area contributed by atoms with Crippen molar-refractivity contribution in [3.05, 3.63) is 76.9 Å². The van der Waals surface area contributed by atoms with E-state index in [1.165, 1.54) is 18.2 Å². The summed E-state index contributed by atoms with van der Waals surface area (Å²) < 4.78 is 38.7. The molecule has 29 heavy (non-hydrogen) atoms. The summed E-state index contributed by atoms with van der Waals surface area (Å²) in [5.41, 5.74) is 2.03. The van der Waals surface area contributed by atoms with E-state index in [9.17, 15) is 27.6 Å². The molecule has 0 aromatic heterocycles. The third-order valence-corrected chi connectivity index (χ3v) is 3.99. The van der Waals surface area contributed by atoms with Gasteiger partial charge in [0.2, 0.25) is 0 Å². The van der Waals surface area contributed by atoms with E-state index in [0.29, 0.717) is 11.1 Å². The zero-order valence-corrected chi connectivity index (χ0v) is 14.6. The summed E-state index contributed by atoms with van der Waals surface area (Å²) in [6, 6.07) is 10.4. The quantitative estimate of drug-likeness (QED) is 0.607. The third-order valence-electron chi connectivity index (χ3n) is 3.99. The van der Waals surface area contributed by atoms with E-state index in [0.717, 1.165) is 29.3 Å². The van der Waals surface area contributed by atoms with Gasteiger partial charge in [0.15, 0.2) is 0 Å². The van der Waals surface area contributed by atoms with Crippen molar-refractivity contribution in [2.45, 2.75) is 6.18 Å². The number of anilines is 1. The molecule has 0 spiro atoms. The maximum Gasteiger partial charge on any atom is 0.416 e. The van der Waals surface area contributed by atoms with Crippen LogP contribution in [0.4, 0.5) is 18.9 Å². The van der Waals surface area contributed by atoms with E-state index in [-0.39, 0.29) is 11.3 Å². The van der Waals surface area contributed by atoms with Crippen LogP contribution in [0.1, 0.15) is 16.7 Å². The number of carbonyl (C=O) groups excluding carboxylic acids is 2. The van der Waals surface area contributed by atoms with Gasteiger partial charge in [0, 0.05) is 6.08 Å². The number of carbonyl (C=O) groups is 3. The first kappa shape index (κ1) is 19.9. The van der Waals surface area contributed by atoms with Gasteiger partial charge >= 0.3 is 12.1 Å². The van der Waals surface area contributed by atoms with Crippen molar-refractivity contribution < 1.29 is 32.7 Å². The van der Waals surface area contributed by atoms with E-state index in [1.807, 2.05) is 0 Å². The molecule has 3 rings (SSSR count). The van der Waals surface area contributed by atoms with Crippen molar-refractivity contribution in [1.29, 1.82) is 0 Å². The van der Waals surface area contributed by atoms with Crippen molar-refractivity contribution in [3.63, 3.8) is 0 Å². The molecular formula is C20H13F3N2O4. The minimum absolute atomic E-state index is 0.115. The minimum Gasteiger partial charge on any atom is -0.478 e. The summed E-state index contributed by atoms with van der Waals surface area (Å²) in [6.07, 6.45) is -0.940. The van der Waals surface area contributed by atoms with Crippen LogP contribution in [0.25, 0.3) is 12.2 Å². The van der Waals surface area contributed by atoms with E-state index >= 15 is 0 Å². The summed E-state index contributed by atoms with van der Waals surface area (Å²) in [4.78, 5) is 35.2. The lowest BCUT2D eigenvalue weighted by atomic mass is 10.1. The van der Waals surface area contributed by atoms with Gasteiger partial charge in [0.1, 0.15) is 5.57 Å². The molecule has 2 amide bonds. The average Bonchev–Trinajstić information content (AvgIpc) is 2.95. The van der Waals surface area contributed by atoms with Crippen molar-refractivity contribution in [2.75, 3.05) is 5.01 Å². The lowest BCUT2D eigenvalue weighted by Gasteiger charge is -2.16. The molecule has 1 aliphatic rings. The third kappa shape index (κ3) is 4.52. The fraction of sp³-hybridized carbons (Fsp3) is 0.0500. The monoisotopic (exact) mass is 402 g/mol. The molecule has 148 valence electrons. The Morgan fingerprint density at radius 1 is 1.03 bits per heavy atom. The van der Waals surface area contributed by atoms with Crippen LogP contribution in [-0.2, 0) is 20.6 Å². The van der Waals surface area contributed by atoms with Gasteiger partial charge in [-0.2, -0.15) is 13.2 Å². The maximum atomic E-state index is 12.9. The highest BCUT2D eigenvalue weighted by molar-refractivity contribution is 6.31. The number of aliphatic carboxylic acids is 1. The Morgan fingerprint density at radius 3 is 2.31 bits per heavy atom. The van der Waals surface area contributed by atoms with Gasteiger partial charge in [-0.05, 0) is 41.5 Å². The number of carboxylic acid groups (broad SMARTS) is 1. The van der Waals surface area contributed by atoms with Crippen LogP contribution in [0.3, 0.4) is 0 Å². The molecule has 0 unspecified atom stereocenters. The van der Waals surface area contributed by atoms with Gasteiger partial charge in [0.25, 0.3) is 11.8 Å². The van der Waals surface area contributed by atoms with Crippen LogP contribution in [0.5, 0.6) is 0 Å². The molecule has 0 aliphatic carbocycles. The van der Waals surface area contributed by atoms with Gasteiger partial charge < -0.3 is 5.11 Å². The van der Waals surface area contributed by atoms with Gasteiger partial charge in [-0.25, -0.2) is 9.80 Å². The molecule has 1 aliphatic heterocycles. The highest BCUT2D eigenvalue weighted by Gasteiger charge is 2.36. The SMILES string of the molecule is O=C(O)/C=C/c1ccc(C=C2C(=O)NN(c3cccc(C(F)(F)F)c3)C2=O)cc1. The average molecular weight is 402 g/mol. The van der Waals surface area contributed by atoms with Crippen molar-refractivity contribution in [2.24, 2.45) is 0 Å². The molecule has 0 radical (unpaired) electrons. The van der Waals surface area contributed by atoms with Crippen molar-refractivity contribution >= 4 is 35.6 Å². The summed E-state index contributed by atoms with van der Waals surface area (Å²) >= 11 is 0. The van der Waals surface area contributed by atoms with E-state index in [4.69, 9.17) is 5.11 Å². The zero-order chi connectivity index (χ0) is 21.2. The van der Waals surface area contributed by atoms with Crippen LogP contribution < -0.4 is 10.4 Å². The van der Waals surface area contributed by atoms with E-state index < -0.39 is 29.5 Å². The van der Waals surface area contributed by atoms with Gasteiger partial charge in [-0.15, -0.1) is 0 Å². The molecular weight excluding hydrogens is 389 g/mol. The minimum atomic E-state index is -4.59. The van der Waals surface area contributed by atoms with Crippen molar-refractivity contribution in [3.8, 4) is 0 Å². The molecule has 6 nitrogen and oxygen atoms in total. The van der Waals surface area contributed by atoms with Gasteiger partial charge in [-0.1, -0.05) is 30.3 Å². The number of alkyl halides is 3. The molecule has 0 saturated carbocycles. The first-order valence-corrected chi connectivity index (χ1v) is 8.20. The smallest absolute Gasteiger partial charge is 0.416 e. The Bertz CT molecular complexity index is 1040. The number of rotatable bonds is 4. The number of hydrogen-bond donors (Lipinski definition) is 2. The second-order valence-electron chi connectivity index (χ2n) is 6.03. The fourth-order valence-corrected chi connectivity index (χ4v) is 2.60. The Morgan fingerprint density at radius 2 is 1.69 bits per heavy atom. The molecule has 0 atom stereocenters. The van der Waals surface area contributed by atoms with Crippen LogP contribution in [0, 0.1) is 0 Å². The number of hydrogen-bond acceptors (Lipinski definition) is 3. The fourth-order valence-electron chi connectivity index (χ4n) is 2.60. The summed E-state index contributed by atoms with van der Waals surface area (Å²) in [6.45, 7) is 0. The molecule has 9 heteroatoms. The Hall–Kier alpha value is -3.88. The molecule has 2 N–H and O–H groups in total. The van der Waals surface area contributed by atoms with E-state index in [1.54, 1.807) is 24.3 Å². The first-order valence-electron chi connectivity index (χ1n) is 8.20. The Labute approximate surface area is 162 Å². The molecule has 1 fully saturated rings. The highest BCUT2D eigenvalue weighted by Crippen LogP contribution is 2.32. The lowest BCUT2D eigenvalue weighted by Crippen LogP contribution is -2.35. The van der Waals surface area contributed by atoms with Crippen LogP contribution in [0.2, 0.25) is 0 Å². The normalized spacial score (nSPS) is 16.0. The largest absolute Gasteiger partial charge is 0.478 e. The molecule has 1 heterocycles. The number of nitrogens with one attached hydrogen (secondary N) is 1. The predicted molar refractivity (Wildman–Crippen MR) is 98.2 cm³/mol. The maximum absolute atomic E-state index is 12.9. The summed E-state index contributed by atoms with van der Waals surface area (Å²) in [5, 5.41) is 9.37. The summed E-state index contributed by atoms with van der Waals surface area (Å²) in [5.74, 6) is -2.63.